The first-order chi connectivity index (χ1) is 7.35. The van der Waals surface area contributed by atoms with Gasteiger partial charge in [0.1, 0.15) is 22.0 Å². The number of Topliss-reactive ketones (excluding diaryl/α,β-unsaturated/α-hetero) is 1. The summed E-state index contributed by atoms with van der Waals surface area (Å²) in [6.45, 7) is 1.42. The Morgan fingerprint density at radius 3 is 2.56 bits per heavy atom. The van der Waals surface area contributed by atoms with Crippen molar-refractivity contribution in [1.82, 2.24) is 0 Å². The number of phosphoric acid groups is 1. The van der Waals surface area contributed by atoms with Gasteiger partial charge in [0.15, 0.2) is 5.78 Å². The topological polar surface area (TPSA) is 72.8 Å². The van der Waals surface area contributed by atoms with Crippen LogP contribution in [0.5, 0.6) is 5.75 Å². The van der Waals surface area contributed by atoms with E-state index in [0.717, 1.165) is 0 Å². The number of carbonyl (C=O) groups excluding carboxylic acids is 1. The van der Waals surface area contributed by atoms with Crippen LogP contribution in [0.25, 0.3) is 0 Å². The summed E-state index contributed by atoms with van der Waals surface area (Å²) in [6.07, 6.45) is 0. The second-order valence-corrected chi connectivity index (χ2v) is 5.81. The minimum absolute atomic E-state index is 0.107. The van der Waals surface area contributed by atoms with Crippen molar-refractivity contribution < 1.29 is 22.4 Å². The fourth-order valence-corrected chi connectivity index (χ4v) is 2.13. The standard InChI is InChI=1S/C8H7Br2O5P/c1-5(11)6-2-3-8(7(9)4-6)14-16(12,13)15-10/h2-4H,1H3,(H,12,13). The van der Waals surface area contributed by atoms with Crippen LogP contribution >= 0.6 is 40.0 Å². The quantitative estimate of drug-likeness (QED) is 0.646. The molecule has 1 rings (SSSR count). The fraction of sp³-hybridized carbons (Fsp3) is 0.125. The molecule has 16 heavy (non-hydrogen) atoms. The van der Waals surface area contributed by atoms with E-state index in [1.807, 2.05) is 0 Å². The highest BCUT2D eigenvalue weighted by Gasteiger charge is 2.23. The minimum atomic E-state index is -4.16. The zero-order valence-corrected chi connectivity index (χ0v) is 12.1. The highest BCUT2D eigenvalue weighted by molar-refractivity contribution is 9.10. The van der Waals surface area contributed by atoms with Gasteiger partial charge in [-0.3, -0.25) is 9.69 Å². The van der Waals surface area contributed by atoms with Crippen LogP contribution in [0.2, 0.25) is 0 Å². The van der Waals surface area contributed by atoms with E-state index in [1.165, 1.54) is 25.1 Å². The van der Waals surface area contributed by atoms with Gasteiger partial charge in [-0.15, -0.1) is 0 Å². The highest BCUT2D eigenvalue weighted by Crippen LogP contribution is 2.47. The van der Waals surface area contributed by atoms with Crippen LogP contribution in [0.1, 0.15) is 17.3 Å². The molecule has 0 aromatic heterocycles. The van der Waals surface area contributed by atoms with Crippen LogP contribution in [-0.4, -0.2) is 10.7 Å². The molecule has 0 spiro atoms. The molecule has 0 aliphatic rings. The lowest BCUT2D eigenvalue weighted by Crippen LogP contribution is -1.95. The lowest BCUT2D eigenvalue weighted by Gasteiger charge is -2.10. The first-order valence-electron chi connectivity index (χ1n) is 3.99. The van der Waals surface area contributed by atoms with Crippen molar-refractivity contribution in [3.8, 4) is 5.75 Å². The number of carbonyl (C=O) groups is 1. The summed E-state index contributed by atoms with van der Waals surface area (Å²) in [6, 6.07) is 4.37. The van der Waals surface area contributed by atoms with E-state index in [2.05, 4.69) is 35.8 Å². The van der Waals surface area contributed by atoms with Gasteiger partial charge in [0, 0.05) is 5.56 Å². The van der Waals surface area contributed by atoms with E-state index < -0.39 is 7.82 Å². The van der Waals surface area contributed by atoms with Crippen molar-refractivity contribution in [2.75, 3.05) is 0 Å². The molecular formula is C8H7Br2O5P. The summed E-state index contributed by atoms with van der Waals surface area (Å²) >= 11 is 5.50. The molecule has 1 aromatic carbocycles. The van der Waals surface area contributed by atoms with Crippen LogP contribution in [0.4, 0.5) is 0 Å². The average molecular weight is 374 g/mol. The number of ketones is 1. The van der Waals surface area contributed by atoms with Gasteiger partial charge in [-0.25, -0.2) is 4.57 Å². The Bertz CT molecular complexity index is 462. The zero-order chi connectivity index (χ0) is 12.3. The molecule has 1 N–H and O–H groups in total. The lowest BCUT2D eigenvalue weighted by atomic mass is 10.1. The second-order valence-electron chi connectivity index (χ2n) is 2.83. The van der Waals surface area contributed by atoms with Gasteiger partial charge in [-0.2, -0.15) is 3.62 Å². The van der Waals surface area contributed by atoms with Crippen LogP contribution in [0.3, 0.4) is 0 Å². The van der Waals surface area contributed by atoms with Crippen LogP contribution in [-0.2, 0) is 8.18 Å². The first kappa shape index (κ1) is 13.9. The normalized spacial score (nSPS) is 14.2. The lowest BCUT2D eigenvalue weighted by molar-refractivity contribution is 0.101. The van der Waals surface area contributed by atoms with Gasteiger partial charge in [-0.1, -0.05) is 0 Å². The molecule has 1 unspecified atom stereocenters. The van der Waals surface area contributed by atoms with Crippen molar-refractivity contribution in [2.24, 2.45) is 0 Å². The molecule has 0 aliphatic carbocycles. The zero-order valence-electron chi connectivity index (χ0n) is 8.02. The van der Waals surface area contributed by atoms with E-state index in [-0.39, 0.29) is 11.5 Å². The summed E-state index contributed by atoms with van der Waals surface area (Å²) in [5.74, 6) is -0.00791. The molecule has 0 amide bonds. The largest absolute Gasteiger partial charge is 0.538 e. The number of hydrogen-bond donors (Lipinski definition) is 1. The second kappa shape index (κ2) is 5.42. The average Bonchev–Trinajstić information content (AvgIpc) is 2.20. The summed E-state index contributed by atoms with van der Waals surface area (Å²) < 4.78 is 20.3. The Morgan fingerprint density at radius 1 is 1.50 bits per heavy atom. The SMILES string of the molecule is CC(=O)c1ccc(OP(=O)(O)OBr)c(Br)c1. The van der Waals surface area contributed by atoms with Crippen molar-refractivity contribution in [2.45, 2.75) is 6.92 Å². The molecule has 0 aliphatic heterocycles. The van der Waals surface area contributed by atoms with E-state index >= 15 is 0 Å². The van der Waals surface area contributed by atoms with Gasteiger partial charge in [-0.05, 0) is 41.1 Å². The molecule has 1 atom stereocenters. The van der Waals surface area contributed by atoms with Gasteiger partial charge in [0.25, 0.3) is 0 Å². The summed E-state index contributed by atoms with van der Waals surface area (Å²) in [7, 11) is -4.16. The van der Waals surface area contributed by atoms with Crippen molar-refractivity contribution in [1.29, 1.82) is 0 Å². The van der Waals surface area contributed by atoms with Gasteiger partial charge in [0.2, 0.25) is 0 Å². The molecule has 0 bridgehead atoms. The third kappa shape index (κ3) is 3.68. The highest BCUT2D eigenvalue weighted by atomic mass is 79.9. The number of benzene rings is 1. The van der Waals surface area contributed by atoms with E-state index in [4.69, 9.17) is 9.42 Å². The van der Waals surface area contributed by atoms with E-state index in [9.17, 15) is 9.36 Å². The molecule has 0 heterocycles. The van der Waals surface area contributed by atoms with Crippen LogP contribution in [0, 0.1) is 0 Å². The predicted molar refractivity (Wildman–Crippen MR) is 64.6 cm³/mol. The van der Waals surface area contributed by atoms with Crippen molar-refractivity contribution >= 4 is 45.8 Å². The van der Waals surface area contributed by atoms with Gasteiger partial charge < -0.3 is 4.52 Å². The molecular weight excluding hydrogens is 367 g/mol. The minimum Gasteiger partial charge on any atom is -0.402 e. The maximum atomic E-state index is 11.1. The first-order valence-corrected chi connectivity index (χ1v) is 6.92. The molecule has 5 nitrogen and oxygen atoms in total. The van der Waals surface area contributed by atoms with Gasteiger partial charge >= 0.3 is 7.82 Å². The van der Waals surface area contributed by atoms with Gasteiger partial charge in [0.05, 0.1) is 4.47 Å². The van der Waals surface area contributed by atoms with Crippen LogP contribution in [0.15, 0.2) is 22.7 Å². The van der Waals surface area contributed by atoms with Crippen molar-refractivity contribution in [3.05, 3.63) is 28.2 Å². The summed E-state index contributed by atoms with van der Waals surface area (Å²) in [5.41, 5.74) is 0.465. The fourth-order valence-electron chi connectivity index (χ4n) is 0.932. The van der Waals surface area contributed by atoms with E-state index in [0.29, 0.717) is 10.0 Å². The summed E-state index contributed by atoms with van der Waals surface area (Å²) in [5, 5.41) is 0. The Balaban J connectivity index is 3.00. The van der Waals surface area contributed by atoms with E-state index in [1.54, 1.807) is 0 Å². The Morgan fingerprint density at radius 2 is 2.12 bits per heavy atom. The smallest absolute Gasteiger partial charge is 0.402 e. The monoisotopic (exact) mass is 372 g/mol. The number of hydrogen-bond acceptors (Lipinski definition) is 4. The molecule has 0 saturated heterocycles. The number of phosphoric ester groups is 1. The summed E-state index contributed by atoms with van der Waals surface area (Å²) in [4.78, 5) is 20.1. The number of halogens is 2. The third-order valence-electron chi connectivity index (χ3n) is 1.64. The Kier molecular flexibility index (Phi) is 4.70. The molecule has 8 heteroatoms. The molecule has 0 fully saturated rings. The molecule has 0 saturated carbocycles. The van der Waals surface area contributed by atoms with Crippen LogP contribution < -0.4 is 4.52 Å². The molecule has 88 valence electrons. The third-order valence-corrected chi connectivity index (χ3v) is 3.96. The Labute approximate surface area is 109 Å². The Hall–Kier alpha value is -0.200. The predicted octanol–water partition coefficient (Wildman–Crippen LogP) is 3.46. The maximum absolute atomic E-state index is 11.1. The number of rotatable bonds is 4. The molecule has 0 radical (unpaired) electrons. The maximum Gasteiger partial charge on any atom is 0.538 e. The van der Waals surface area contributed by atoms with Crippen molar-refractivity contribution in [3.63, 3.8) is 0 Å². The molecule has 1 aromatic rings.